The van der Waals surface area contributed by atoms with E-state index in [0.29, 0.717) is 21.7 Å². The minimum absolute atomic E-state index is 0.0463. The first-order valence-electron chi connectivity index (χ1n) is 6.14. The highest BCUT2D eigenvalue weighted by Gasteiger charge is 2.26. The van der Waals surface area contributed by atoms with Crippen LogP contribution in [-0.4, -0.2) is 36.1 Å². The highest BCUT2D eigenvalue weighted by molar-refractivity contribution is 7.17. The Hall–Kier alpha value is -1.63. The highest BCUT2D eigenvalue weighted by Crippen LogP contribution is 2.24. The zero-order chi connectivity index (χ0) is 14.0. The second-order valence-electron chi connectivity index (χ2n) is 4.57. The summed E-state index contributed by atoms with van der Waals surface area (Å²) in [7, 11) is 1.33. The topological polar surface area (TPSA) is 80.3 Å². The van der Waals surface area contributed by atoms with Crippen molar-refractivity contribution in [3.63, 3.8) is 0 Å². The normalized spacial score (nSPS) is 15.7. The molecular formula is C12H17N3O3S. The van der Waals surface area contributed by atoms with Gasteiger partial charge in [-0.1, -0.05) is 11.3 Å². The van der Waals surface area contributed by atoms with Gasteiger partial charge in [-0.25, -0.2) is 9.78 Å². The van der Waals surface area contributed by atoms with Crippen molar-refractivity contribution in [2.75, 3.05) is 12.4 Å². The third kappa shape index (κ3) is 3.44. The third-order valence-electron chi connectivity index (χ3n) is 2.82. The van der Waals surface area contributed by atoms with Crippen LogP contribution in [0.4, 0.5) is 5.13 Å². The molecule has 0 aliphatic heterocycles. The summed E-state index contributed by atoms with van der Waals surface area (Å²) in [5.41, 5.74) is 0.606. The lowest BCUT2D eigenvalue weighted by Crippen LogP contribution is -2.38. The first kappa shape index (κ1) is 13.8. The molecule has 1 fully saturated rings. The van der Waals surface area contributed by atoms with Gasteiger partial charge in [-0.2, -0.15) is 0 Å². The minimum atomic E-state index is -0.405. The number of nitrogens with one attached hydrogen (secondary N) is 2. The molecule has 7 heteroatoms. The summed E-state index contributed by atoms with van der Waals surface area (Å²) >= 11 is 1.20. The summed E-state index contributed by atoms with van der Waals surface area (Å²) in [6.45, 7) is 3.51. The average Bonchev–Trinajstić information content (AvgIpc) is 3.11. The van der Waals surface area contributed by atoms with Crippen LogP contribution in [0, 0.1) is 6.92 Å². The van der Waals surface area contributed by atoms with Gasteiger partial charge >= 0.3 is 5.97 Å². The van der Waals surface area contributed by atoms with Crippen LogP contribution in [0.1, 0.15) is 35.1 Å². The largest absolute Gasteiger partial charge is 0.465 e. The van der Waals surface area contributed by atoms with E-state index in [1.807, 2.05) is 0 Å². The standard InChI is InChI=1S/C12H17N3O3S/c1-6-9(11(17)18-3)19-12(13-6)14-7(2)10(16)15-8-4-5-8/h7-8H,4-5H2,1-3H3,(H,13,14)(H,15,16). The molecule has 1 heterocycles. The summed E-state index contributed by atoms with van der Waals surface area (Å²) < 4.78 is 4.67. The predicted molar refractivity (Wildman–Crippen MR) is 72.4 cm³/mol. The number of esters is 1. The van der Waals surface area contributed by atoms with Crippen LogP contribution < -0.4 is 10.6 Å². The van der Waals surface area contributed by atoms with Crippen LogP contribution >= 0.6 is 11.3 Å². The molecule has 1 unspecified atom stereocenters. The Morgan fingerprint density at radius 1 is 1.47 bits per heavy atom. The fourth-order valence-corrected chi connectivity index (χ4v) is 2.52. The van der Waals surface area contributed by atoms with Crippen molar-refractivity contribution in [3.8, 4) is 0 Å². The number of anilines is 1. The highest BCUT2D eigenvalue weighted by atomic mass is 32.1. The van der Waals surface area contributed by atoms with E-state index >= 15 is 0 Å². The molecule has 1 saturated carbocycles. The molecule has 0 saturated heterocycles. The van der Waals surface area contributed by atoms with Gasteiger partial charge in [-0.3, -0.25) is 4.79 Å². The van der Waals surface area contributed by atoms with Gasteiger partial charge in [-0.05, 0) is 26.7 Å². The Morgan fingerprint density at radius 2 is 2.16 bits per heavy atom. The van der Waals surface area contributed by atoms with Crippen LogP contribution in [0.3, 0.4) is 0 Å². The van der Waals surface area contributed by atoms with E-state index in [4.69, 9.17) is 0 Å². The Balaban J connectivity index is 1.98. The number of aromatic nitrogens is 1. The molecule has 1 aliphatic rings. The second kappa shape index (κ2) is 5.56. The molecule has 1 aliphatic carbocycles. The molecule has 104 valence electrons. The van der Waals surface area contributed by atoms with Gasteiger partial charge in [0.05, 0.1) is 12.8 Å². The van der Waals surface area contributed by atoms with Gasteiger partial charge in [0, 0.05) is 6.04 Å². The zero-order valence-electron chi connectivity index (χ0n) is 11.1. The molecule has 1 aromatic rings. The van der Waals surface area contributed by atoms with Gasteiger partial charge in [-0.15, -0.1) is 0 Å². The van der Waals surface area contributed by atoms with Crippen molar-refractivity contribution < 1.29 is 14.3 Å². The first-order valence-corrected chi connectivity index (χ1v) is 6.95. The first-order chi connectivity index (χ1) is 9.01. The third-order valence-corrected chi connectivity index (χ3v) is 3.89. The number of hydrogen-bond donors (Lipinski definition) is 2. The minimum Gasteiger partial charge on any atom is -0.465 e. The van der Waals surface area contributed by atoms with E-state index in [0.717, 1.165) is 12.8 Å². The maximum Gasteiger partial charge on any atom is 0.350 e. The number of rotatable bonds is 5. The van der Waals surface area contributed by atoms with Crippen molar-refractivity contribution in [3.05, 3.63) is 10.6 Å². The van der Waals surface area contributed by atoms with Crippen molar-refractivity contribution >= 4 is 28.3 Å². The lowest BCUT2D eigenvalue weighted by Gasteiger charge is -2.12. The number of aryl methyl sites for hydroxylation is 1. The van der Waals surface area contributed by atoms with E-state index in [1.165, 1.54) is 18.4 Å². The number of ether oxygens (including phenoxy) is 1. The number of carbonyl (C=O) groups is 2. The van der Waals surface area contributed by atoms with Crippen molar-refractivity contribution in [1.29, 1.82) is 0 Å². The van der Waals surface area contributed by atoms with Crippen molar-refractivity contribution in [2.24, 2.45) is 0 Å². The summed E-state index contributed by atoms with van der Waals surface area (Å²) in [6.07, 6.45) is 2.11. The Labute approximate surface area is 115 Å². The van der Waals surface area contributed by atoms with Crippen LogP contribution in [0.5, 0.6) is 0 Å². The van der Waals surface area contributed by atoms with Crippen molar-refractivity contribution in [1.82, 2.24) is 10.3 Å². The Kier molecular flexibility index (Phi) is 4.04. The molecule has 0 radical (unpaired) electrons. The SMILES string of the molecule is COC(=O)c1sc(NC(C)C(=O)NC2CC2)nc1C. The van der Waals surface area contributed by atoms with E-state index in [9.17, 15) is 9.59 Å². The summed E-state index contributed by atoms with van der Waals surface area (Å²) in [5, 5.41) is 6.47. The number of methoxy groups -OCH3 is 1. The molecule has 19 heavy (non-hydrogen) atoms. The van der Waals surface area contributed by atoms with Crippen LogP contribution in [0.25, 0.3) is 0 Å². The fraction of sp³-hybridized carbons (Fsp3) is 0.583. The average molecular weight is 283 g/mol. The Bertz CT molecular complexity index is 496. The Morgan fingerprint density at radius 3 is 2.74 bits per heavy atom. The van der Waals surface area contributed by atoms with Gasteiger partial charge in [0.1, 0.15) is 10.9 Å². The molecule has 2 rings (SSSR count). The monoisotopic (exact) mass is 283 g/mol. The summed E-state index contributed by atoms with van der Waals surface area (Å²) in [4.78, 5) is 27.9. The quantitative estimate of drug-likeness (QED) is 0.797. The van der Waals surface area contributed by atoms with Crippen LogP contribution in [-0.2, 0) is 9.53 Å². The van der Waals surface area contributed by atoms with Gasteiger partial charge in [0.15, 0.2) is 5.13 Å². The zero-order valence-corrected chi connectivity index (χ0v) is 12.0. The molecule has 1 aromatic heterocycles. The second-order valence-corrected chi connectivity index (χ2v) is 5.57. The molecule has 0 bridgehead atoms. The molecule has 1 atom stereocenters. The van der Waals surface area contributed by atoms with Gasteiger partial charge < -0.3 is 15.4 Å². The smallest absolute Gasteiger partial charge is 0.350 e. The van der Waals surface area contributed by atoms with Crippen molar-refractivity contribution in [2.45, 2.75) is 38.8 Å². The lowest BCUT2D eigenvalue weighted by atomic mass is 10.3. The molecule has 6 nitrogen and oxygen atoms in total. The number of thiazole rings is 1. The lowest BCUT2D eigenvalue weighted by molar-refractivity contribution is -0.121. The van der Waals surface area contributed by atoms with E-state index in [-0.39, 0.29) is 11.9 Å². The maximum atomic E-state index is 11.8. The number of hydrogen-bond acceptors (Lipinski definition) is 6. The van der Waals surface area contributed by atoms with Crippen LogP contribution in [0.15, 0.2) is 0 Å². The van der Waals surface area contributed by atoms with E-state index < -0.39 is 5.97 Å². The van der Waals surface area contributed by atoms with E-state index in [2.05, 4.69) is 20.4 Å². The predicted octanol–water partition coefficient (Wildman–Crippen LogP) is 1.32. The molecule has 0 spiro atoms. The van der Waals surface area contributed by atoms with E-state index in [1.54, 1.807) is 13.8 Å². The number of nitrogens with zero attached hydrogens (tertiary/aromatic N) is 1. The summed E-state index contributed by atoms with van der Waals surface area (Å²) in [5.74, 6) is -0.451. The van der Waals surface area contributed by atoms with Gasteiger partial charge in [0.25, 0.3) is 0 Å². The fourth-order valence-electron chi connectivity index (χ4n) is 1.54. The number of carbonyl (C=O) groups excluding carboxylic acids is 2. The number of amides is 1. The van der Waals surface area contributed by atoms with Crippen LogP contribution in [0.2, 0.25) is 0 Å². The molecule has 0 aromatic carbocycles. The molecule has 2 N–H and O–H groups in total. The maximum absolute atomic E-state index is 11.8. The molecule has 1 amide bonds. The van der Waals surface area contributed by atoms with Gasteiger partial charge in [0.2, 0.25) is 5.91 Å². The summed E-state index contributed by atoms with van der Waals surface area (Å²) in [6, 6.07) is -0.0444. The molecular weight excluding hydrogens is 266 g/mol.